The van der Waals surface area contributed by atoms with Crippen molar-refractivity contribution in [3.8, 4) is 0 Å². The molecule has 0 aliphatic carbocycles. The summed E-state index contributed by atoms with van der Waals surface area (Å²) in [5.74, 6) is 0.523. The zero-order valence-corrected chi connectivity index (χ0v) is 5.05. The summed E-state index contributed by atoms with van der Waals surface area (Å²) in [4.78, 5) is 7.99. The van der Waals surface area contributed by atoms with Gasteiger partial charge in [-0.15, -0.1) is 0 Å². The van der Waals surface area contributed by atoms with Crippen LogP contribution in [0.4, 0.5) is 0 Å². The normalized spacial score (nSPS) is 23.5. The molecule has 1 rings (SSSR count). The second-order valence-electron chi connectivity index (χ2n) is 2.29. The molecule has 0 atom stereocenters. The fraction of sp³-hybridized carbons (Fsp3) is 0.600. The minimum absolute atomic E-state index is 0.302. The van der Waals surface area contributed by atoms with E-state index in [0.29, 0.717) is 5.84 Å². The van der Waals surface area contributed by atoms with Crippen LogP contribution in [-0.2, 0) is 0 Å². The van der Waals surface area contributed by atoms with Crippen LogP contribution >= 0.6 is 0 Å². The molecule has 0 saturated carbocycles. The van der Waals surface area contributed by atoms with Crippen LogP contribution in [0.1, 0.15) is 13.8 Å². The van der Waals surface area contributed by atoms with Gasteiger partial charge in [0.25, 0.3) is 0 Å². The number of hydrogen-bond donors (Lipinski definition) is 1. The van der Waals surface area contributed by atoms with Gasteiger partial charge >= 0.3 is 0 Å². The smallest absolute Gasteiger partial charge is 0.147 e. The van der Waals surface area contributed by atoms with Crippen molar-refractivity contribution < 1.29 is 0 Å². The first-order valence-corrected chi connectivity index (χ1v) is 2.51. The van der Waals surface area contributed by atoms with Gasteiger partial charge in [0.05, 0.1) is 6.21 Å². The van der Waals surface area contributed by atoms with Crippen molar-refractivity contribution in [1.29, 1.82) is 0 Å². The van der Waals surface area contributed by atoms with Crippen molar-refractivity contribution in [3.63, 3.8) is 0 Å². The zero-order valence-electron chi connectivity index (χ0n) is 5.05. The quantitative estimate of drug-likeness (QED) is 0.475. The third kappa shape index (κ3) is 0.857. The van der Waals surface area contributed by atoms with Crippen molar-refractivity contribution >= 4 is 12.1 Å². The Morgan fingerprint density at radius 1 is 1.62 bits per heavy atom. The van der Waals surface area contributed by atoms with E-state index in [-0.39, 0.29) is 5.66 Å². The number of nitrogens with zero attached hydrogens (tertiary/aromatic N) is 2. The van der Waals surface area contributed by atoms with E-state index in [2.05, 4.69) is 9.98 Å². The largest absolute Gasteiger partial charge is 0.383 e. The number of rotatable bonds is 0. The number of nitrogens with two attached hydrogens (primary N) is 1. The Kier molecular flexibility index (Phi) is 0.863. The minimum atomic E-state index is -0.302. The van der Waals surface area contributed by atoms with Gasteiger partial charge in [-0.25, -0.2) is 4.99 Å². The first-order chi connectivity index (χ1) is 3.60. The van der Waals surface area contributed by atoms with Crippen LogP contribution < -0.4 is 5.73 Å². The lowest BCUT2D eigenvalue weighted by molar-refractivity contribution is 0.567. The summed E-state index contributed by atoms with van der Waals surface area (Å²) in [5.41, 5.74) is 5.01. The van der Waals surface area contributed by atoms with Crippen molar-refractivity contribution in [2.75, 3.05) is 0 Å². The molecule has 3 nitrogen and oxygen atoms in total. The van der Waals surface area contributed by atoms with Gasteiger partial charge in [-0.1, -0.05) is 0 Å². The molecule has 44 valence electrons. The van der Waals surface area contributed by atoms with Gasteiger partial charge in [-0.2, -0.15) is 0 Å². The van der Waals surface area contributed by atoms with Gasteiger partial charge in [0.2, 0.25) is 0 Å². The first-order valence-electron chi connectivity index (χ1n) is 2.51. The van der Waals surface area contributed by atoms with Gasteiger partial charge in [0.15, 0.2) is 0 Å². The Labute approximate surface area is 48.3 Å². The van der Waals surface area contributed by atoms with E-state index >= 15 is 0 Å². The molecular formula is C5H9N3. The minimum Gasteiger partial charge on any atom is -0.383 e. The van der Waals surface area contributed by atoms with Gasteiger partial charge in [0, 0.05) is 0 Å². The summed E-state index contributed by atoms with van der Waals surface area (Å²) < 4.78 is 0. The molecule has 0 unspecified atom stereocenters. The first kappa shape index (κ1) is 5.28. The van der Waals surface area contributed by atoms with Gasteiger partial charge in [-0.05, 0) is 13.8 Å². The van der Waals surface area contributed by atoms with E-state index in [4.69, 9.17) is 5.73 Å². The highest BCUT2D eigenvalue weighted by atomic mass is 15.1. The van der Waals surface area contributed by atoms with Crippen LogP contribution in [0.3, 0.4) is 0 Å². The van der Waals surface area contributed by atoms with E-state index < -0.39 is 0 Å². The Hall–Kier alpha value is -0.860. The molecule has 0 bridgehead atoms. The highest BCUT2D eigenvalue weighted by Crippen LogP contribution is 2.12. The number of aliphatic imine (C=N–C) groups is 2. The van der Waals surface area contributed by atoms with E-state index in [1.807, 2.05) is 13.8 Å². The molecule has 0 spiro atoms. The van der Waals surface area contributed by atoms with Crippen LogP contribution in [0.2, 0.25) is 0 Å². The molecule has 0 fully saturated rings. The maximum atomic E-state index is 5.31. The Morgan fingerprint density at radius 3 is 2.38 bits per heavy atom. The molecule has 0 aromatic heterocycles. The summed E-state index contributed by atoms with van der Waals surface area (Å²) >= 11 is 0. The fourth-order valence-corrected chi connectivity index (χ4v) is 0.598. The van der Waals surface area contributed by atoms with Crippen LogP contribution in [0, 0.1) is 0 Å². The molecule has 2 N–H and O–H groups in total. The SMILES string of the molecule is CC1(C)N=CC(N)=N1. The van der Waals surface area contributed by atoms with E-state index in [9.17, 15) is 0 Å². The van der Waals surface area contributed by atoms with Crippen molar-refractivity contribution in [1.82, 2.24) is 0 Å². The average Bonchev–Trinajstić information content (AvgIpc) is 1.82. The van der Waals surface area contributed by atoms with Crippen molar-refractivity contribution in [2.24, 2.45) is 15.7 Å². The molecule has 1 heterocycles. The molecule has 0 aromatic rings. The average molecular weight is 111 g/mol. The summed E-state index contributed by atoms with van der Waals surface area (Å²) in [7, 11) is 0. The van der Waals surface area contributed by atoms with Crippen molar-refractivity contribution in [2.45, 2.75) is 19.5 Å². The summed E-state index contributed by atoms with van der Waals surface area (Å²) in [6, 6.07) is 0. The van der Waals surface area contributed by atoms with Gasteiger partial charge < -0.3 is 5.73 Å². The standard InChI is InChI=1S/C5H9N3/c1-5(2)7-3-4(6)8-5/h3H,1-2H3,(H2,6,8). The van der Waals surface area contributed by atoms with Crippen LogP contribution in [-0.4, -0.2) is 17.7 Å². The van der Waals surface area contributed by atoms with Gasteiger partial charge in [-0.3, -0.25) is 4.99 Å². The lowest BCUT2D eigenvalue weighted by Gasteiger charge is -2.06. The maximum Gasteiger partial charge on any atom is 0.147 e. The topological polar surface area (TPSA) is 50.7 Å². The Morgan fingerprint density at radius 2 is 2.25 bits per heavy atom. The van der Waals surface area contributed by atoms with Crippen LogP contribution in [0.15, 0.2) is 9.98 Å². The Balaban J connectivity index is 2.84. The maximum absolute atomic E-state index is 5.31. The molecular weight excluding hydrogens is 102 g/mol. The molecule has 1 aliphatic heterocycles. The summed E-state index contributed by atoms with van der Waals surface area (Å²) in [6.45, 7) is 3.81. The molecule has 0 saturated heterocycles. The van der Waals surface area contributed by atoms with E-state index in [1.165, 1.54) is 0 Å². The second kappa shape index (κ2) is 1.31. The number of amidine groups is 1. The fourth-order valence-electron chi connectivity index (χ4n) is 0.598. The highest BCUT2D eigenvalue weighted by Gasteiger charge is 2.17. The predicted octanol–water partition coefficient (Wildman–Crippen LogP) is 0.164. The molecule has 0 aromatic carbocycles. The monoisotopic (exact) mass is 111 g/mol. The third-order valence-electron chi connectivity index (χ3n) is 0.915. The lowest BCUT2D eigenvalue weighted by atomic mass is 10.3. The van der Waals surface area contributed by atoms with E-state index in [1.54, 1.807) is 6.21 Å². The molecule has 0 radical (unpaired) electrons. The summed E-state index contributed by atoms with van der Waals surface area (Å²) in [6.07, 6.45) is 1.58. The predicted molar refractivity (Wildman–Crippen MR) is 34.2 cm³/mol. The zero-order chi connectivity index (χ0) is 6.20. The molecule has 1 aliphatic rings. The van der Waals surface area contributed by atoms with Gasteiger partial charge in [0.1, 0.15) is 11.5 Å². The molecule has 0 amide bonds. The molecule has 3 heteroatoms. The molecule has 8 heavy (non-hydrogen) atoms. The van der Waals surface area contributed by atoms with Crippen LogP contribution in [0.5, 0.6) is 0 Å². The van der Waals surface area contributed by atoms with Crippen LogP contribution in [0.25, 0.3) is 0 Å². The van der Waals surface area contributed by atoms with Crippen molar-refractivity contribution in [3.05, 3.63) is 0 Å². The lowest BCUT2D eigenvalue weighted by Crippen LogP contribution is -2.13. The summed E-state index contributed by atoms with van der Waals surface area (Å²) in [5, 5.41) is 0. The third-order valence-corrected chi connectivity index (χ3v) is 0.915. The number of hydrogen-bond acceptors (Lipinski definition) is 3. The second-order valence-corrected chi connectivity index (χ2v) is 2.29. The Bertz CT molecular complexity index is 155. The van der Waals surface area contributed by atoms with E-state index in [0.717, 1.165) is 0 Å². The highest BCUT2D eigenvalue weighted by molar-refractivity contribution is 6.30.